The van der Waals surface area contributed by atoms with E-state index in [0.29, 0.717) is 0 Å². The van der Waals surface area contributed by atoms with Crippen LogP contribution in [0.15, 0.2) is 121 Å². The standard InChI is InChI=1S/C17H20O.C13H10O/c1-2-3-14-17(18,15-10-6-4-7-11-15)16-12-8-5-9-13-16;14-13(11-7-3-1-4-8-11)12-9-5-2-6-10-12/h4-13,18H,2-3,14H2,1H3;1-10H. The van der Waals surface area contributed by atoms with E-state index in [9.17, 15) is 9.90 Å². The molecule has 0 aliphatic carbocycles. The van der Waals surface area contributed by atoms with Crippen LogP contribution in [0.25, 0.3) is 0 Å². The van der Waals surface area contributed by atoms with Crippen LogP contribution in [0.2, 0.25) is 0 Å². The molecule has 162 valence electrons. The van der Waals surface area contributed by atoms with Crippen molar-refractivity contribution in [2.24, 2.45) is 0 Å². The Balaban J connectivity index is 0.000000186. The lowest BCUT2D eigenvalue weighted by atomic mass is 9.82. The smallest absolute Gasteiger partial charge is 0.193 e. The SMILES string of the molecule is CCCCC(O)(c1ccccc1)c1ccccc1.O=C(c1ccccc1)c1ccccc1. The molecule has 0 amide bonds. The summed E-state index contributed by atoms with van der Waals surface area (Å²) >= 11 is 0. The van der Waals surface area contributed by atoms with Crippen molar-refractivity contribution in [1.29, 1.82) is 0 Å². The van der Waals surface area contributed by atoms with Crippen LogP contribution in [0, 0.1) is 0 Å². The van der Waals surface area contributed by atoms with Crippen molar-refractivity contribution >= 4 is 5.78 Å². The van der Waals surface area contributed by atoms with Gasteiger partial charge < -0.3 is 5.11 Å². The van der Waals surface area contributed by atoms with E-state index in [4.69, 9.17) is 0 Å². The molecular weight excluding hydrogens is 392 g/mol. The highest BCUT2D eigenvalue weighted by Gasteiger charge is 2.30. The lowest BCUT2D eigenvalue weighted by Gasteiger charge is -2.29. The number of ketones is 1. The highest BCUT2D eigenvalue weighted by Crippen LogP contribution is 2.34. The number of unbranched alkanes of at least 4 members (excludes halogenated alkanes) is 1. The molecule has 0 unspecified atom stereocenters. The average Bonchev–Trinajstić information content (AvgIpc) is 2.89. The van der Waals surface area contributed by atoms with Gasteiger partial charge in [-0.2, -0.15) is 0 Å². The zero-order valence-electron chi connectivity index (χ0n) is 18.5. The van der Waals surface area contributed by atoms with Crippen LogP contribution in [-0.2, 0) is 5.60 Å². The molecule has 0 spiro atoms. The van der Waals surface area contributed by atoms with Crippen LogP contribution in [0.4, 0.5) is 0 Å². The Kier molecular flexibility index (Phi) is 8.53. The number of carbonyl (C=O) groups is 1. The fourth-order valence-corrected chi connectivity index (χ4v) is 3.66. The van der Waals surface area contributed by atoms with Crippen molar-refractivity contribution in [1.82, 2.24) is 0 Å². The van der Waals surface area contributed by atoms with Crippen LogP contribution in [-0.4, -0.2) is 10.9 Å². The number of rotatable bonds is 7. The van der Waals surface area contributed by atoms with E-state index in [1.54, 1.807) is 0 Å². The Morgan fingerprint density at radius 3 is 1.31 bits per heavy atom. The molecule has 4 aromatic rings. The molecule has 2 nitrogen and oxygen atoms in total. The van der Waals surface area contributed by atoms with E-state index < -0.39 is 5.60 Å². The molecule has 0 atom stereocenters. The monoisotopic (exact) mass is 422 g/mol. The fourth-order valence-electron chi connectivity index (χ4n) is 3.66. The summed E-state index contributed by atoms with van der Waals surface area (Å²) in [4.78, 5) is 11.8. The zero-order valence-corrected chi connectivity index (χ0v) is 18.5. The third kappa shape index (κ3) is 6.03. The van der Waals surface area contributed by atoms with Gasteiger partial charge in [0.1, 0.15) is 5.60 Å². The summed E-state index contributed by atoms with van der Waals surface area (Å²) < 4.78 is 0. The van der Waals surface area contributed by atoms with Gasteiger partial charge in [-0.05, 0) is 17.5 Å². The highest BCUT2D eigenvalue weighted by atomic mass is 16.3. The third-order valence-electron chi connectivity index (χ3n) is 5.47. The molecule has 0 aliphatic rings. The molecular formula is C30H30O2. The quantitative estimate of drug-likeness (QED) is 0.325. The molecule has 0 saturated carbocycles. The maximum atomic E-state index is 11.8. The highest BCUT2D eigenvalue weighted by molar-refractivity contribution is 6.08. The molecule has 4 rings (SSSR count). The first-order valence-electron chi connectivity index (χ1n) is 11.1. The van der Waals surface area contributed by atoms with Crippen LogP contribution in [0.1, 0.15) is 53.2 Å². The summed E-state index contributed by atoms with van der Waals surface area (Å²) in [6, 6.07) is 38.5. The molecule has 0 aliphatic heterocycles. The van der Waals surface area contributed by atoms with Crippen molar-refractivity contribution in [3.8, 4) is 0 Å². The Morgan fingerprint density at radius 1 is 0.625 bits per heavy atom. The molecule has 32 heavy (non-hydrogen) atoms. The van der Waals surface area contributed by atoms with Crippen molar-refractivity contribution in [3.63, 3.8) is 0 Å². The fraction of sp³-hybridized carbons (Fsp3) is 0.167. The lowest BCUT2D eigenvalue weighted by Crippen LogP contribution is -2.27. The van der Waals surface area contributed by atoms with Crippen molar-refractivity contribution in [3.05, 3.63) is 144 Å². The van der Waals surface area contributed by atoms with Gasteiger partial charge in [0.05, 0.1) is 0 Å². The normalized spacial score (nSPS) is 10.7. The van der Waals surface area contributed by atoms with Crippen molar-refractivity contribution in [2.45, 2.75) is 31.8 Å². The zero-order chi connectivity index (χ0) is 22.7. The maximum Gasteiger partial charge on any atom is 0.193 e. The second-order valence-electron chi connectivity index (χ2n) is 7.76. The Morgan fingerprint density at radius 2 is 0.969 bits per heavy atom. The van der Waals surface area contributed by atoms with Crippen molar-refractivity contribution in [2.75, 3.05) is 0 Å². The second-order valence-corrected chi connectivity index (χ2v) is 7.76. The van der Waals surface area contributed by atoms with Crippen LogP contribution >= 0.6 is 0 Å². The minimum atomic E-state index is -0.863. The average molecular weight is 423 g/mol. The van der Waals surface area contributed by atoms with E-state index in [1.165, 1.54) is 0 Å². The predicted molar refractivity (Wildman–Crippen MR) is 132 cm³/mol. The summed E-state index contributed by atoms with van der Waals surface area (Å²) in [6.45, 7) is 2.15. The van der Waals surface area contributed by atoms with E-state index in [2.05, 4.69) is 6.92 Å². The molecule has 0 bridgehead atoms. The van der Waals surface area contributed by atoms with Crippen LogP contribution < -0.4 is 0 Å². The first-order chi connectivity index (χ1) is 15.6. The van der Waals surface area contributed by atoms with E-state index >= 15 is 0 Å². The van der Waals surface area contributed by atoms with Gasteiger partial charge in [-0.15, -0.1) is 0 Å². The largest absolute Gasteiger partial charge is 0.380 e. The first-order valence-corrected chi connectivity index (χ1v) is 11.1. The molecule has 2 heteroatoms. The maximum absolute atomic E-state index is 11.8. The first kappa shape index (κ1) is 23.2. The van der Waals surface area contributed by atoms with Gasteiger partial charge in [-0.3, -0.25) is 4.79 Å². The number of hydrogen-bond donors (Lipinski definition) is 1. The minimum Gasteiger partial charge on any atom is -0.380 e. The lowest BCUT2D eigenvalue weighted by molar-refractivity contribution is 0.0685. The van der Waals surface area contributed by atoms with Gasteiger partial charge in [-0.25, -0.2) is 0 Å². The summed E-state index contributed by atoms with van der Waals surface area (Å²) in [5.74, 6) is 0.0752. The molecule has 0 radical (unpaired) electrons. The molecule has 0 fully saturated rings. The predicted octanol–water partition coefficient (Wildman–Crippen LogP) is 7.03. The van der Waals surface area contributed by atoms with Gasteiger partial charge in [0.2, 0.25) is 0 Å². The van der Waals surface area contributed by atoms with Crippen molar-refractivity contribution < 1.29 is 9.90 Å². The van der Waals surface area contributed by atoms with Gasteiger partial charge in [0.25, 0.3) is 0 Å². The number of benzene rings is 4. The number of hydrogen-bond acceptors (Lipinski definition) is 2. The van der Waals surface area contributed by atoms with Gasteiger partial charge in [0, 0.05) is 11.1 Å². The molecule has 4 aromatic carbocycles. The van der Waals surface area contributed by atoms with Gasteiger partial charge >= 0.3 is 0 Å². The summed E-state index contributed by atoms with van der Waals surface area (Å²) in [6.07, 6.45) is 2.86. The Labute approximate surface area is 191 Å². The molecule has 0 saturated heterocycles. The van der Waals surface area contributed by atoms with Crippen LogP contribution in [0.5, 0.6) is 0 Å². The number of aliphatic hydroxyl groups is 1. The summed E-state index contributed by atoms with van der Waals surface area (Å²) in [5, 5.41) is 11.1. The van der Waals surface area contributed by atoms with Gasteiger partial charge in [-0.1, -0.05) is 141 Å². The van der Waals surface area contributed by atoms with E-state index in [1.807, 2.05) is 121 Å². The van der Waals surface area contributed by atoms with E-state index in [-0.39, 0.29) is 5.78 Å². The van der Waals surface area contributed by atoms with Crippen LogP contribution in [0.3, 0.4) is 0 Å². The summed E-state index contributed by atoms with van der Waals surface area (Å²) in [7, 11) is 0. The number of carbonyl (C=O) groups excluding carboxylic acids is 1. The topological polar surface area (TPSA) is 37.3 Å². The molecule has 0 heterocycles. The summed E-state index contributed by atoms with van der Waals surface area (Å²) in [5.41, 5.74) is 2.56. The Hall–Kier alpha value is -3.49. The third-order valence-corrected chi connectivity index (χ3v) is 5.47. The minimum absolute atomic E-state index is 0.0752. The molecule has 0 aromatic heterocycles. The van der Waals surface area contributed by atoms with E-state index in [0.717, 1.165) is 41.5 Å². The Bertz CT molecular complexity index is 978. The second kappa shape index (κ2) is 11.8. The molecule has 1 N–H and O–H groups in total. The van der Waals surface area contributed by atoms with Gasteiger partial charge in [0.15, 0.2) is 5.78 Å².